The lowest BCUT2D eigenvalue weighted by atomic mass is 10.2. The van der Waals surface area contributed by atoms with Crippen molar-refractivity contribution >= 4 is 5.82 Å². The van der Waals surface area contributed by atoms with E-state index in [2.05, 4.69) is 15.3 Å². The number of aryl methyl sites for hydroxylation is 1. The number of hydrogen-bond acceptors (Lipinski definition) is 5. The zero-order valence-electron chi connectivity index (χ0n) is 11.3. The minimum absolute atomic E-state index is 0.0131. The number of nitrogens with zero attached hydrogens (tertiary/aromatic N) is 2. The second kappa shape index (κ2) is 5.67. The van der Waals surface area contributed by atoms with E-state index < -0.39 is 0 Å². The van der Waals surface area contributed by atoms with Crippen LogP contribution in [0.1, 0.15) is 17.0 Å². The Kier molecular flexibility index (Phi) is 3.97. The van der Waals surface area contributed by atoms with Crippen LogP contribution in [0.5, 0.6) is 11.6 Å². The maximum Gasteiger partial charge on any atom is 0.227 e. The van der Waals surface area contributed by atoms with Crippen molar-refractivity contribution in [2.45, 2.75) is 20.5 Å². The molecule has 0 atom stereocenters. The molecule has 1 aromatic carbocycles. The second-order valence-corrected chi connectivity index (χ2v) is 4.21. The number of aliphatic hydroxyl groups is 1. The highest BCUT2D eigenvalue weighted by Crippen LogP contribution is 2.27. The summed E-state index contributed by atoms with van der Waals surface area (Å²) in [5.41, 5.74) is 1.65. The first-order chi connectivity index (χ1) is 9.13. The minimum Gasteiger partial charge on any atom is -0.439 e. The second-order valence-electron chi connectivity index (χ2n) is 4.21. The standard InChI is InChI=1S/C14H17N3O2/c1-9-13(15-3)16-10(2)17-14(9)19-12-6-4-5-11(7-12)8-18/h4-7,18H,8H2,1-3H3,(H,15,16,17). The van der Waals surface area contributed by atoms with Crippen LogP contribution in [0.25, 0.3) is 0 Å². The Morgan fingerprint density at radius 3 is 2.74 bits per heavy atom. The highest BCUT2D eigenvalue weighted by molar-refractivity contribution is 5.49. The summed E-state index contributed by atoms with van der Waals surface area (Å²) in [6.07, 6.45) is 0. The van der Waals surface area contributed by atoms with Crippen LogP contribution in [0.2, 0.25) is 0 Å². The van der Waals surface area contributed by atoms with Gasteiger partial charge in [-0.25, -0.2) is 4.98 Å². The van der Waals surface area contributed by atoms with Crippen molar-refractivity contribution in [2.24, 2.45) is 0 Å². The molecule has 5 heteroatoms. The van der Waals surface area contributed by atoms with E-state index in [1.54, 1.807) is 6.07 Å². The van der Waals surface area contributed by atoms with Gasteiger partial charge in [-0.2, -0.15) is 4.98 Å². The molecule has 1 aromatic heterocycles. The van der Waals surface area contributed by atoms with Gasteiger partial charge in [0.2, 0.25) is 5.88 Å². The third-order valence-corrected chi connectivity index (χ3v) is 2.75. The first-order valence-corrected chi connectivity index (χ1v) is 6.04. The SMILES string of the molecule is CNc1nc(C)nc(Oc2cccc(CO)c2)c1C. The summed E-state index contributed by atoms with van der Waals surface area (Å²) >= 11 is 0. The summed E-state index contributed by atoms with van der Waals surface area (Å²) in [6, 6.07) is 7.29. The van der Waals surface area contributed by atoms with Crippen molar-refractivity contribution in [3.05, 3.63) is 41.2 Å². The Morgan fingerprint density at radius 2 is 2.05 bits per heavy atom. The van der Waals surface area contributed by atoms with Gasteiger partial charge in [-0.15, -0.1) is 0 Å². The van der Waals surface area contributed by atoms with Crippen LogP contribution in [0.3, 0.4) is 0 Å². The molecule has 2 rings (SSSR count). The van der Waals surface area contributed by atoms with Crippen LogP contribution in [0.4, 0.5) is 5.82 Å². The molecule has 100 valence electrons. The maximum absolute atomic E-state index is 9.12. The zero-order valence-corrected chi connectivity index (χ0v) is 11.3. The Bertz CT molecular complexity index is 585. The fraction of sp³-hybridized carbons (Fsp3) is 0.286. The van der Waals surface area contributed by atoms with Crippen LogP contribution in [0.15, 0.2) is 24.3 Å². The molecule has 0 amide bonds. The van der Waals surface area contributed by atoms with Crippen molar-refractivity contribution < 1.29 is 9.84 Å². The molecule has 0 aliphatic carbocycles. The van der Waals surface area contributed by atoms with Gasteiger partial charge in [0, 0.05) is 7.05 Å². The molecule has 0 aliphatic rings. The number of nitrogens with one attached hydrogen (secondary N) is 1. The van der Waals surface area contributed by atoms with E-state index in [0.29, 0.717) is 17.5 Å². The molecule has 0 saturated heterocycles. The number of aliphatic hydroxyl groups excluding tert-OH is 1. The average Bonchev–Trinajstić information content (AvgIpc) is 2.42. The number of rotatable bonds is 4. The number of benzene rings is 1. The van der Waals surface area contributed by atoms with Gasteiger partial charge in [-0.1, -0.05) is 12.1 Å². The van der Waals surface area contributed by atoms with Crippen molar-refractivity contribution in [2.75, 3.05) is 12.4 Å². The number of anilines is 1. The predicted octanol–water partition coefficient (Wildman–Crippen LogP) is 2.42. The summed E-state index contributed by atoms with van der Waals surface area (Å²) in [6.45, 7) is 3.70. The van der Waals surface area contributed by atoms with Crippen LogP contribution < -0.4 is 10.1 Å². The highest BCUT2D eigenvalue weighted by Gasteiger charge is 2.10. The average molecular weight is 259 g/mol. The fourth-order valence-electron chi connectivity index (χ4n) is 1.76. The topological polar surface area (TPSA) is 67.3 Å². The maximum atomic E-state index is 9.12. The summed E-state index contributed by atoms with van der Waals surface area (Å²) in [4.78, 5) is 8.58. The molecule has 0 spiro atoms. The van der Waals surface area contributed by atoms with E-state index in [1.165, 1.54) is 0 Å². The van der Waals surface area contributed by atoms with Gasteiger partial charge in [0.25, 0.3) is 0 Å². The molecule has 0 fully saturated rings. The first kappa shape index (κ1) is 13.3. The molecule has 1 heterocycles. The Labute approximate surface area is 112 Å². The van der Waals surface area contributed by atoms with E-state index >= 15 is 0 Å². The van der Waals surface area contributed by atoms with E-state index in [0.717, 1.165) is 16.9 Å². The van der Waals surface area contributed by atoms with Gasteiger partial charge >= 0.3 is 0 Å². The highest BCUT2D eigenvalue weighted by atomic mass is 16.5. The van der Waals surface area contributed by atoms with Crippen LogP contribution in [0, 0.1) is 13.8 Å². The van der Waals surface area contributed by atoms with E-state index in [-0.39, 0.29) is 6.61 Å². The normalized spacial score (nSPS) is 10.3. The molecule has 0 saturated carbocycles. The fourth-order valence-corrected chi connectivity index (χ4v) is 1.76. The third-order valence-electron chi connectivity index (χ3n) is 2.75. The van der Waals surface area contributed by atoms with Gasteiger partial charge in [0.15, 0.2) is 0 Å². The Hall–Kier alpha value is -2.14. The molecular weight excluding hydrogens is 242 g/mol. The van der Waals surface area contributed by atoms with E-state index in [4.69, 9.17) is 9.84 Å². The number of aromatic nitrogens is 2. The lowest BCUT2D eigenvalue weighted by Gasteiger charge is -2.12. The van der Waals surface area contributed by atoms with E-state index in [1.807, 2.05) is 39.1 Å². The van der Waals surface area contributed by atoms with Crippen LogP contribution in [-0.4, -0.2) is 22.1 Å². The Morgan fingerprint density at radius 1 is 1.26 bits per heavy atom. The van der Waals surface area contributed by atoms with Gasteiger partial charge in [-0.05, 0) is 31.5 Å². The van der Waals surface area contributed by atoms with Crippen molar-refractivity contribution in [1.29, 1.82) is 0 Å². The van der Waals surface area contributed by atoms with E-state index in [9.17, 15) is 0 Å². The minimum atomic E-state index is -0.0131. The summed E-state index contributed by atoms with van der Waals surface area (Å²) in [5.74, 6) is 2.56. The van der Waals surface area contributed by atoms with Gasteiger partial charge in [0.05, 0.1) is 12.2 Å². The number of hydrogen-bond donors (Lipinski definition) is 2. The summed E-state index contributed by atoms with van der Waals surface area (Å²) < 4.78 is 5.77. The molecule has 2 N–H and O–H groups in total. The molecule has 0 unspecified atom stereocenters. The third kappa shape index (κ3) is 3.00. The predicted molar refractivity (Wildman–Crippen MR) is 73.5 cm³/mol. The van der Waals surface area contributed by atoms with Gasteiger partial charge in [-0.3, -0.25) is 0 Å². The molecule has 19 heavy (non-hydrogen) atoms. The lowest BCUT2D eigenvalue weighted by molar-refractivity contribution is 0.281. The summed E-state index contributed by atoms with van der Waals surface area (Å²) in [7, 11) is 1.81. The summed E-state index contributed by atoms with van der Waals surface area (Å²) in [5, 5.41) is 12.1. The van der Waals surface area contributed by atoms with Crippen LogP contribution in [-0.2, 0) is 6.61 Å². The first-order valence-electron chi connectivity index (χ1n) is 6.04. The Balaban J connectivity index is 2.34. The van der Waals surface area contributed by atoms with Gasteiger partial charge < -0.3 is 15.2 Å². The molecule has 0 radical (unpaired) electrons. The number of ether oxygens (including phenoxy) is 1. The largest absolute Gasteiger partial charge is 0.439 e. The quantitative estimate of drug-likeness (QED) is 0.882. The molecular formula is C14H17N3O2. The van der Waals surface area contributed by atoms with Crippen molar-refractivity contribution in [3.63, 3.8) is 0 Å². The molecule has 0 aliphatic heterocycles. The zero-order chi connectivity index (χ0) is 13.8. The molecule has 5 nitrogen and oxygen atoms in total. The smallest absolute Gasteiger partial charge is 0.227 e. The molecule has 2 aromatic rings. The monoisotopic (exact) mass is 259 g/mol. The van der Waals surface area contributed by atoms with Gasteiger partial charge in [0.1, 0.15) is 17.4 Å². The van der Waals surface area contributed by atoms with Crippen molar-refractivity contribution in [3.8, 4) is 11.6 Å². The van der Waals surface area contributed by atoms with Crippen molar-refractivity contribution in [1.82, 2.24) is 9.97 Å². The molecule has 0 bridgehead atoms. The lowest BCUT2D eigenvalue weighted by Crippen LogP contribution is -2.03. The van der Waals surface area contributed by atoms with Crippen LogP contribution >= 0.6 is 0 Å².